The number of hydrogen-bond acceptors (Lipinski definition) is 2. The Bertz CT molecular complexity index is 373. The highest BCUT2D eigenvalue weighted by Gasteiger charge is 2.62. The molecule has 1 amide bonds. The quantitative estimate of drug-likeness (QED) is 0.792. The fourth-order valence-corrected chi connectivity index (χ4v) is 1.71. The van der Waals surface area contributed by atoms with Gasteiger partial charge in [-0.15, -0.1) is 0 Å². The number of halogens is 6. The van der Waals surface area contributed by atoms with Gasteiger partial charge in [0, 0.05) is 12.6 Å². The molecule has 0 aromatic heterocycles. The number of carbonyl (C=O) groups is 2. The molecule has 0 unspecified atom stereocenters. The molecule has 20 heavy (non-hydrogen) atoms. The van der Waals surface area contributed by atoms with Crippen molar-refractivity contribution in [2.45, 2.75) is 37.7 Å². The number of hydrogen-bond donors (Lipinski definition) is 1. The van der Waals surface area contributed by atoms with Gasteiger partial charge in [0.15, 0.2) is 0 Å². The second-order valence-electron chi connectivity index (χ2n) is 4.42. The van der Waals surface area contributed by atoms with Crippen molar-refractivity contribution in [3.8, 4) is 0 Å². The Labute approximate surface area is 109 Å². The van der Waals surface area contributed by atoms with Crippen molar-refractivity contribution in [2.24, 2.45) is 5.92 Å². The van der Waals surface area contributed by atoms with E-state index >= 15 is 0 Å². The maximum atomic E-state index is 12.4. The van der Waals surface area contributed by atoms with E-state index in [1.807, 2.05) is 0 Å². The molecule has 0 bridgehead atoms. The van der Waals surface area contributed by atoms with Crippen molar-refractivity contribution < 1.29 is 41.0 Å². The van der Waals surface area contributed by atoms with E-state index < -0.39 is 49.2 Å². The zero-order chi connectivity index (χ0) is 15.7. The lowest BCUT2D eigenvalue weighted by Gasteiger charge is -2.29. The second kappa shape index (κ2) is 5.49. The molecule has 0 atom stereocenters. The fraction of sp³-hybridized carbons (Fsp3) is 0.800. The molecule has 116 valence electrons. The van der Waals surface area contributed by atoms with Crippen LogP contribution in [-0.4, -0.2) is 46.8 Å². The molecule has 1 aliphatic carbocycles. The molecule has 0 saturated heterocycles. The standard InChI is InChI=1S/C10H11F6NO3/c11-9(12,13)7(10(14,15)16)8(20)17(5-1-2-5)4-3-6(18)19/h5,7H,1-4H2,(H,18,19). The summed E-state index contributed by atoms with van der Waals surface area (Å²) in [6.45, 7) is -0.665. The van der Waals surface area contributed by atoms with Crippen LogP contribution in [0.4, 0.5) is 26.3 Å². The van der Waals surface area contributed by atoms with Crippen LogP contribution in [-0.2, 0) is 9.59 Å². The van der Waals surface area contributed by atoms with Gasteiger partial charge in [-0.05, 0) is 12.8 Å². The number of nitrogens with zero attached hydrogens (tertiary/aromatic N) is 1. The number of carboxylic acids is 1. The van der Waals surface area contributed by atoms with Crippen LogP contribution in [0.3, 0.4) is 0 Å². The lowest BCUT2D eigenvalue weighted by Crippen LogP contribution is -2.50. The van der Waals surface area contributed by atoms with Gasteiger partial charge in [-0.3, -0.25) is 9.59 Å². The maximum Gasteiger partial charge on any atom is 0.409 e. The third-order valence-corrected chi connectivity index (χ3v) is 2.74. The van der Waals surface area contributed by atoms with Crippen LogP contribution in [0.1, 0.15) is 19.3 Å². The van der Waals surface area contributed by atoms with Crippen molar-refractivity contribution in [1.29, 1.82) is 0 Å². The van der Waals surface area contributed by atoms with Gasteiger partial charge < -0.3 is 10.0 Å². The first-order chi connectivity index (χ1) is 8.94. The molecule has 1 aliphatic rings. The normalized spacial score (nSPS) is 16.4. The smallest absolute Gasteiger partial charge is 0.409 e. The molecule has 0 spiro atoms. The molecule has 1 rings (SSSR count). The first-order valence-corrected chi connectivity index (χ1v) is 5.60. The van der Waals surface area contributed by atoms with Crippen LogP contribution in [0.2, 0.25) is 0 Å². The Morgan fingerprint density at radius 2 is 1.55 bits per heavy atom. The van der Waals surface area contributed by atoms with Crippen LogP contribution in [0.5, 0.6) is 0 Å². The Kier molecular flexibility index (Phi) is 4.55. The Balaban J connectivity index is 2.93. The number of alkyl halides is 6. The van der Waals surface area contributed by atoms with E-state index in [0.717, 1.165) is 0 Å². The molecular weight excluding hydrogens is 296 g/mol. The summed E-state index contributed by atoms with van der Waals surface area (Å²) in [4.78, 5) is 22.2. The summed E-state index contributed by atoms with van der Waals surface area (Å²) in [5, 5.41) is 8.42. The Hall–Kier alpha value is -1.48. The molecule has 1 N–H and O–H groups in total. The molecule has 0 radical (unpaired) electrons. The summed E-state index contributed by atoms with van der Waals surface area (Å²) in [5.41, 5.74) is 0. The molecule has 10 heteroatoms. The summed E-state index contributed by atoms with van der Waals surface area (Å²) in [5.74, 6) is -7.64. The van der Waals surface area contributed by atoms with Crippen LogP contribution in [0.15, 0.2) is 0 Å². The third-order valence-electron chi connectivity index (χ3n) is 2.74. The lowest BCUT2D eigenvalue weighted by molar-refractivity contribution is -0.277. The lowest BCUT2D eigenvalue weighted by atomic mass is 10.1. The number of rotatable bonds is 5. The highest BCUT2D eigenvalue weighted by Crippen LogP contribution is 2.42. The summed E-state index contributed by atoms with van der Waals surface area (Å²) in [6, 6.07) is -0.742. The van der Waals surface area contributed by atoms with E-state index in [0.29, 0.717) is 4.90 Å². The Morgan fingerprint density at radius 3 is 1.85 bits per heavy atom. The van der Waals surface area contributed by atoms with Crippen LogP contribution in [0.25, 0.3) is 0 Å². The molecule has 0 heterocycles. The largest absolute Gasteiger partial charge is 0.481 e. The fourth-order valence-electron chi connectivity index (χ4n) is 1.71. The number of aliphatic carboxylic acids is 1. The van der Waals surface area contributed by atoms with E-state index in [2.05, 4.69) is 0 Å². The predicted molar refractivity (Wildman–Crippen MR) is 52.6 cm³/mol. The summed E-state index contributed by atoms with van der Waals surface area (Å²) in [7, 11) is 0. The minimum atomic E-state index is -5.76. The SMILES string of the molecule is O=C(O)CCN(C(=O)C(C(F)(F)F)C(F)(F)F)C1CC1. The molecule has 1 fully saturated rings. The third kappa shape index (κ3) is 4.27. The zero-order valence-electron chi connectivity index (χ0n) is 9.96. The maximum absolute atomic E-state index is 12.4. The first-order valence-electron chi connectivity index (χ1n) is 5.60. The van der Waals surface area contributed by atoms with Gasteiger partial charge in [0.1, 0.15) is 0 Å². The monoisotopic (exact) mass is 307 g/mol. The first kappa shape index (κ1) is 16.6. The summed E-state index contributed by atoms with van der Waals surface area (Å²) in [6.07, 6.45) is -11.7. The number of carbonyl (C=O) groups excluding carboxylic acids is 1. The van der Waals surface area contributed by atoms with E-state index in [9.17, 15) is 35.9 Å². The van der Waals surface area contributed by atoms with Crippen LogP contribution in [0, 0.1) is 5.92 Å². The molecule has 0 aromatic rings. The predicted octanol–water partition coefficient (Wildman–Crippen LogP) is 2.19. The second-order valence-corrected chi connectivity index (χ2v) is 4.42. The van der Waals surface area contributed by atoms with Gasteiger partial charge in [-0.25, -0.2) is 0 Å². The van der Waals surface area contributed by atoms with Crippen molar-refractivity contribution in [3.05, 3.63) is 0 Å². The molecule has 0 aromatic carbocycles. The van der Waals surface area contributed by atoms with Crippen molar-refractivity contribution in [3.63, 3.8) is 0 Å². The van der Waals surface area contributed by atoms with E-state index in [-0.39, 0.29) is 12.8 Å². The van der Waals surface area contributed by atoms with Crippen molar-refractivity contribution >= 4 is 11.9 Å². The zero-order valence-corrected chi connectivity index (χ0v) is 9.96. The minimum Gasteiger partial charge on any atom is -0.481 e. The van der Waals surface area contributed by atoms with Crippen molar-refractivity contribution in [1.82, 2.24) is 4.90 Å². The van der Waals surface area contributed by atoms with Gasteiger partial charge >= 0.3 is 18.3 Å². The van der Waals surface area contributed by atoms with Gasteiger partial charge in [-0.1, -0.05) is 0 Å². The van der Waals surface area contributed by atoms with Gasteiger partial charge in [0.2, 0.25) is 11.8 Å². The topological polar surface area (TPSA) is 57.6 Å². The van der Waals surface area contributed by atoms with Crippen molar-refractivity contribution in [2.75, 3.05) is 6.54 Å². The number of carboxylic acid groups (broad SMARTS) is 1. The highest BCUT2D eigenvalue weighted by molar-refractivity contribution is 5.81. The van der Waals surface area contributed by atoms with Crippen LogP contribution < -0.4 is 0 Å². The van der Waals surface area contributed by atoms with Gasteiger partial charge in [-0.2, -0.15) is 26.3 Å². The van der Waals surface area contributed by atoms with E-state index in [4.69, 9.17) is 5.11 Å². The van der Waals surface area contributed by atoms with Crippen LogP contribution >= 0.6 is 0 Å². The Morgan fingerprint density at radius 1 is 1.10 bits per heavy atom. The molecule has 0 aliphatic heterocycles. The number of amides is 1. The van der Waals surface area contributed by atoms with Gasteiger partial charge in [0.25, 0.3) is 0 Å². The molecular formula is C10H11F6NO3. The molecule has 4 nitrogen and oxygen atoms in total. The highest BCUT2D eigenvalue weighted by atomic mass is 19.4. The summed E-state index contributed by atoms with van der Waals surface area (Å²) >= 11 is 0. The van der Waals surface area contributed by atoms with E-state index in [1.54, 1.807) is 0 Å². The van der Waals surface area contributed by atoms with Gasteiger partial charge in [0.05, 0.1) is 6.42 Å². The summed E-state index contributed by atoms with van der Waals surface area (Å²) < 4.78 is 74.6. The molecule has 1 saturated carbocycles. The average Bonchev–Trinajstić information content (AvgIpc) is 2.96. The van der Waals surface area contributed by atoms with E-state index in [1.165, 1.54) is 0 Å². The average molecular weight is 307 g/mol. The minimum absolute atomic E-state index is 0.272.